The molecule has 0 aromatic carbocycles. The lowest BCUT2D eigenvalue weighted by Gasteiger charge is -2.46. The molecule has 2 saturated heterocycles. The van der Waals surface area contributed by atoms with E-state index in [-0.39, 0.29) is 5.54 Å². The molecule has 0 amide bonds. The number of nitrogens with zero attached hydrogens (tertiary/aromatic N) is 2. The van der Waals surface area contributed by atoms with E-state index in [1.807, 2.05) is 11.8 Å². The number of hydrogen-bond acceptors (Lipinski definition) is 4. The highest BCUT2D eigenvalue weighted by Crippen LogP contribution is 2.38. The molecule has 0 aliphatic carbocycles. The summed E-state index contributed by atoms with van der Waals surface area (Å²) in [4.78, 5) is 2.34. The third kappa shape index (κ3) is 2.01. The first-order chi connectivity index (χ1) is 7.29. The molecule has 0 spiro atoms. The molecule has 0 aromatic heterocycles. The molecule has 2 heterocycles. The minimum absolute atomic E-state index is 0.229. The molecule has 15 heavy (non-hydrogen) atoms. The Morgan fingerprint density at radius 1 is 1.47 bits per heavy atom. The highest BCUT2D eigenvalue weighted by atomic mass is 32.2. The van der Waals surface area contributed by atoms with Gasteiger partial charge >= 0.3 is 0 Å². The molecule has 0 saturated carbocycles. The highest BCUT2D eigenvalue weighted by Gasteiger charge is 2.44. The monoisotopic (exact) mass is 226 g/mol. The molecule has 3 nitrogen and oxygen atoms in total. The van der Waals surface area contributed by atoms with E-state index in [1.54, 1.807) is 0 Å². The molecule has 2 unspecified atom stereocenters. The minimum Gasteiger partial charge on any atom is -0.379 e. The maximum absolute atomic E-state index is 9.52. The maximum Gasteiger partial charge on any atom is 0.121 e. The molecule has 0 radical (unpaired) electrons. The largest absolute Gasteiger partial charge is 0.379 e. The Morgan fingerprint density at radius 3 is 2.80 bits per heavy atom. The lowest BCUT2D eigenvalue weighted by molar-refractivity contribution is -0.00666. The Kier molecular flexibility index (Phi) is 3.55. The Labute approximate surface area is 95.8 Å². The second kappa shape index (κ2) is 4.73. The van der Waals surface area contributed by atoms with Crippen LogP contribution in [-0.4, -0.2) is 47.7 Å². The van der Waals surface area contributed by atoms with Crippen LogP contribution >= 0.6 is 11.8 Å². The van der Waals surface area contributed by atoms with E-state index in [2.05, 4.69) is 17.9 Å². The standard InChI is InChI=1S/C11H18N2OS/c1-10-11(9-12,3-2-8-15-10)13-4-6-14-7-5-13/h10H,2-8H2,1H3. The van der Waals surface area contributed by atoms with Gasteiger partial charge in [-0.1, -0.05) is 6.92 Å². The third-order valence-corrected chi connectivity index (χ3v) is 4.93. The van der Waals surface area contributed by atoms with E-state index < -0.39 is 0 Å². The van der Waals surface area contributed by atoms with E-state index in [0.717, 1.165) is 32.7 Å². The quantitative estimate of drug-likeness (QED) is 0.679. The van der Waals surface area contributed by atoms with Crippen LogP contribution in [0.2, 0.25) is 0 Å². The summed E-state index contributed by atoms with van der Waals surface area (Å²) in [7, 11) is 0. The first-order valence-corrected chi connectivity index (χ1v) is 6.70. The second-order valence-corrected chi connectivity index (χ2v) is 5.70. The van der Waals surface area contributed by atoms with Crippen molar-refractivity contribution in [2.24, 2.45) is 0 Å². The molecule has 0 bridgehead atoms. The van der Waals surface area contributed by atoms with Gasteiger partial charge in [-0.2, -0.15) is 17.0 Å². The molecule has 2 aliphatic rings. The fourth-order valence-electron chi connectivity index (χ4n) is 2.54. The number of thioether (sulfide) groups is 1. The van der Waals surface area contributed by atoms with Gasteiger partial charge in [0.05, 0.1) is 19.3 Å². The molecule has 2 rings (SSSR count). The van der Waals surface area contributed by atoms with Crippen LogP contribution in [0.4, 0.5) is 0 Å². The van der Waals surface area contributed by atoms with Crippen molar-refractivity contribution in [3.8, 4) is 6.07 Å². The lowest BCUT2D eigenvalue weighted by Crippen LogP contribution is -2.58. The van der Waals surface area contributed by atoms with Crippen molar-refractivity contribution in [2.75, 3.05) is 32.1 Å². The SMILES string of the molecule is CC1SCCCC1(C#N)N1CCOCC1. The topological polar surface area (TPSA) is 36.3 Å². The van der Waals surface area contributed by atoms with Crippen molar-refractivity contribution in [3.63, 3.8) is 0 Å². The Bertz CT molecular complexity index is 260. The zero-order chi connectivity index (χ0) is 10.7. The summed E-state index contributed by atoms with van der Waals surface area (Å²) in [5.74, 6) is 1.20. The predicted molar refractivity (Wildman–Crippen MR) is 61.9 cm³/mol. The van der Waals surface area contributed by atoms with Crippen LogP contribution in [0.1, 0.15) is 19.8 Å². The zero-order valence-corrected chi connectivity index (χ0v) is 10.1. The van der Waals surface area contributed by atoms with E-state index in [9.17, 15) is 5.26 Å². The van der Waals surface area contributed by atoms with Gasteiger partial charge in [0.1, 0.15) is 5.54 Å². The zero-order valence-electron chi connectivity index (χ0n) is 9.24. The van der Waals surface area contributed by atoms with Crippen LogP contribution in [0.3, 0.4) is 0 Å². The molecule has 2 fully saturated rings. The van der Waals surface area contributed by atoms with E-state index in [1.165, 1.54) is 12.2 Å². The molecule has 4 heteroatoms. The third-order valence-electron chi connectivity index (χ3n) is 3.51. The van der Waals surface area contributed by atoms with Crippen molar-refractivity contribution < 1.29 is 4.74 Å². The predicted octanol–water partition coefficient (Wildman–Crippen LogP) is 1.50. The van der Waals surface area contributed by atoms with Crippen LogP contribution in [0.5, 0.6) is 0 Å². The molecule has 0 aromatic rings. The summed E-state index contributed by atoms with van der Waals surface area (Å²) in [6, 6.07) is 2.59. The first kappa shape index (κ1) is 11.3. The highest BCUT2D eigenvalue weighted by molar-refractivity contribution is 8.00. The molecular weight excluding hydrogens is 208 g/mol. The normalized spacial score (nSPS) is 38.5. The molecule has 2 atom stereocenters. The molecule has 0 N–H and O–H groups in total. The van der Waals surface area contributed by atoms with Crippen molar-refractivity contribution in [2.45, 2.75) is 30.6 Å². The van der Waals surface area contributed by atoms with Crippen molar-refractivity contribution >= 4 is 11.8 Å². The van der Waals surface area contributed by atoms with Crippen LogP contribution in [0.15, 0.2) is 0 Å². The Morgan fingerprint density at radius 2 is 2.20 bits per heavy atom. The van der Waals surface area contributed by atoms with Crippen LogP contribution in [0.25, 0.3) is 0 Å². The van der Waals surface area contributed by atoms with Gasteiger partial charge in [0, 0.05) is 18.3 Å². The van der Waals surface area contributed by atoms with Gasteiger partial charge in [-0.15, -0.1) is 0 Å². The minimum atomic E-state index is -0.229. The van der Waals surface area contributed by atoms with Gasteiger partial charge in [-0.25, -0.2) is 0 Å². The molecule has 2 aliphatic heterocycles. The summed E-state index contributed by atoms with van der Waals surface area (Å²) in [6.45, 7) is 5.58. The lowest BCUT2D eigenvalue weighted by atomic mass is 9.88. The van der Waals surface area contributed by atoms with Gasteiger partial charge in [0.25, 0.3) is 0 Å². The second-order valence-electron chi connectivity index (χ2n) is 4.25. The van der Waals surface area contributed by atoms with Gasteiger partial charge < -0.3 is 4.74 Å². The van der Waals surface area contributed by atoms with Gasteiger partial charge in [-0.05, 0) is 18.6 Å². The number of rotatable bonds is 1. The van der Waals surface area contributed by atoms with Crippen LogP contribution in [0, 0.1) is 11.3 Å². The summed E-state index contributed by atoms with van der Waals surface area (Å²) in [5, 5.41) is 9.94. The van der Waals surface area contributed by atoms with Crippen molar-refractivity contribution in [3.05, 3.63) is 0 Å². The van der Waals surface area contributed by atoms with E-state index in [0.29, 0.717) is 5.25 Å². The number of hydrogen-bond donors (Lipinski definition) is 0. The average Bonchev–Trinajstić information content (AvgIpc) is 2.31. The average molecular weight is 226 g/mol. The number of ether oxygens (including phenoxy) is 1. The van der Waals surface area contributed by atoms with Crippen molar-refractivity contribution in [1.29, 1.82) is 5.26 Å². The number of morpholine rings is 1. The molecule has 84 valence electrons. The first-order valence-electron chi connectivity index (χ1n) is 5.65. The van der Waals surface area contributed by atoms with Crippen molar-refractivity contribution in [1.82, 2.24) is 4.90 Å². The van der Waals surface area contributed by atoms with Gasteiger partial charge in [0.2, 0.25) is 0 Å². The summed E-state index contributed by atoms with van der Waals surface area (Å²) in [6.07, 6.45) is 2.19. The fourth-order valence-corrected chi connectivity index (χ4v) is 3.80. The van der Waals surface area contributed by atoms with Crippen LogP contribution < -0.4 is 0 Å². The Hall–Kier alpha value is -0.240. The molecular formula is C11H18N2OS. The summed E-state index contributed by atoms with van der Waals surface area (Å²) < 4.78 is 5.36. The van der Waals surface area contributed by atoms with E-state index >= 15 is 0 Å². The van der Waals surface area contributed by atoms with Gasteiger partial charge in [-0.3, -0.25) is 4.90 Å². The van der Waals surface area contributed by atoms with E-state index in [4.69, 9.17) is 4.74 Å². The maximum atomic E-state index is 9.52. The van der Waals surface area contributed by atoms with Gasteiger partial charge in [0.15, 0.2) is 0 Å². The number of nitriles is 1. The van der Waals surface area contributed by atoms with Crippen LogP contribution in [-0.2, 0) is 4.74 Å². The fraction of sp³-hybridized carbons (Fsp3) is 0.909. The Balaban J connectivity index is 2.15. The summed E-state index contributed by atoms with van der Waals surface area (Å²) in [5.41, 5.74) is -0.229. The smallest absolute Gasteiger partial charge is 0.121 e. The summed E-state index contributed by atoms with van der Waals surface area (Å²) >= 11 is 1.94.